The highest BCUT2D eigenvalue weighted by Crippen LogP contribution is 2.39. The van der Waals surface area contributed by atoms with E-state index in [1.807, 2.05) is 0 Å². The van der Waals surface area contributed by atoms with Crippen LogP contribution in [0.15, 0.2) is 66.7 Å². The minimum absolute atomic E-state index is 0.0558. The smallest absolute Gasteiger partial charge is 0.405 e. The van der Waals surface area contributed by atoms with Gasteiger partial charge in [0.25, 0.3) is 0 Å². The van der Waals surface area contributed by atoms with Gasteiger partial charge in [-0.05, 0) is 77.1 Å². The van der Waals surface area contributed by atoms with E-state index in [-0.39, 0.29) is 6.98 Å². The molecule has 6 rings (SSSR count). The molecule has 0 amide bonds. The largest absolute Gasteiger partial charge is 0.409 e. The summed E-state index contributed by atoms with van der Waals surface area (Å²) in [4.78, 5) is 2.54. The molecule has 2 aliphatic heterocycles. The fourth-order valence-electron chi connectivity index (χ4n) is 5.61. The van der Waals surface area contributed by atoms with E-state index in [0.717, 1.165) is 13.2 Å². The summed E-state index contributed by atoms with van der Waals surface area (Å²) in [5.74, 6) is 0. The molecule has 4 heteroatoms. The molecule has 0 aliphatic carbocycles. The van der Waals surface area contributed by atoms with Crippen molar-refractivity contribution in [3.8, 4) is 0 Å². The number of nitrogens with zero attached hydrogens (tertiary/aromatic N) is 1. The average Bonchev–Trinajstić information content (AvgIpc) is 3.31. The molecule has 2 aliphatic rings. The number of ether oxygens (including phenoxy) is 1. The van der Waals surface area contributed by atoms with Crippen LogP contribution in [0.25, 0.3) is 10.8 Å². The van der Waals surface area contributed by atoms with E-state index in [2.05, 4.69) is 97.5 Å². The van der Waals surface area contributed by atoms with Crippen LogP contribution in [0.3, 0.4) is 0 Å². The molecule has 0 fully saturated rings. The molecule has 4 aromatic carbocycles. The van der Waals surface area contributed by atoms with Crippen LogP contribution in [-0.4, -0.2) is 6.98 Å². The third-order valence-electron chi connectivity index (χ3n) is 7.40. The van der Waals surface area contributed by atoms with Crippen LogP contribution in [-0.2, 0) is 24.5 Å². The lowest BCUT2D eigenvalue weighted by Crippen LogP contribution is -2.57. The normalized spacial score (nSPS) is 14.6. The van der Waals surface area contributed by atoms with E-state index >= 15 is 0 Å². The zero-order valence-corrected chi connectivity index (χ0v) is 18.9. The highest BCUT2D eigenvalue weighted by Gasteiger charge is 2.37. The van der Waals surface area contributed by atoms with Gasteiger partial charge >= 0.3 is 6.98 Å². The summed E-state index contributed by atoms with van der Waals surface area (Å²) in [5.41, 5.74) is 12.1. The van der Waals surface area contributed by atoms with E-state index in [0.29, 0.717) is 6.61 Å². The van der Waals surface area contributed by atoms with Gasteiger partial charge in [0.1, 0.15) is 0 Å². The summed E-state index contributed by atoms with van der Waals surface area (Å²) in [7, 11) is 0. The molecule has 1 N–H and O–H groups in total. The first-order valence-corrected chi connectivity index (χ1v) is 11.4. The molecule has 0 aromatic heterocycles. The van der Waals surface area contributed by atoms with Crippen molar-refractivity contribution >= 4 is 34.6 Å². The number of hydrogen-bond donors (Lipinski definition) is 1. The van der Waals surface area contributed by atoms with Crippen molar-refractivity contribution < 1.29 is 4.74 Å². The van der Waals surface area contributed by atoms with Gasteiger partial charge in [-0.3, -0.25) is 0 Å². The number of anilines is 2. The summed E-state index contributed by atoms with van der Waals surface area (Å²) >= 11 is 0. The molecule has 0 bridgehead atoms. The number of nitrogens with one attached hydrogen (secondary N) is 1. The lowest BCUT2D eigenvalue weighted by atomic mass is 9.59. The molecule has 0 unspecified atom stereocenters. The van der Waals surface area contributed by atoms with Crippen molar-refractivity contribution in [2.24, 2.45) is 0 Å². The van der Waals surface area contributed by atoms with Gasteiger partial charge in [0, 0.05) is 23.3 Å². The van der Waals surface area contributed by atoms with Crippen LogP contribution in [0.2, 0.25) is 0 Å². The highest BCUT2D eigenvalue weighted by atomic mass is 16.5. The first-order chi connectivity index (χ1) is 15.6. The third-order valence-corrected chi connectivity index (χ3v) is 7.40. The van der Waals surface area contributed by atoms with Gasteiger partial charge in [-0.2, -0.15) is 0 Å². The first-order valence-electron chi connectivity index (χ1n) is 11.4. The summed E-state index contributed by atoms with van der Waals surface area (Å²) in [5, 5.41) is 6.51. The van der Waals surface area contributed by atoms with Crippen LogP contribution >= 0.6 is 0 Å². The number of benzene rings is 4. The summed E-state index contributed by atoms with van der Waals surface area (Å²) in [6.07, 6.45) is 0. The molecule has 0 spiro atoms. The van der Waals surface area contributed by atoms with Crippen molar-refractivity contribution in [1.82, 2.24) is 0 Å². The molecule has 4 aromatic rings. The monoisotopic (exact) mass is 418 g/mol. The van der Waals surface area contributed by atoms with Crippen LogP contribution in [0.4, 0.5) is 11.4 Å². The summed E-state index contributed by atoms with van der Waals surface area (Å²) < 4.78 is 5.87. The Morgan fingerprint density at radius 2 is 1.53 bits per heavy atom. The fraction of sp³-hybridized carbons (Fsp3) is 0.214. The molecule has 158 valence electrons. The van der Waals surface area contributed by atoms with Crippen molar-refractivity contribution in [3.05, 3.63) is 100 Å². The van der Waals surface area contributed by atoms with E-state index in [9.17, 15) is 0 Å². The lowest BCUT2D eigenvalue weighted by Gasteiger charge is -2.39. The summed E-state index contributed by atoms with van der Waals surface area (Å²) in [6, 6.07) is 24.0. The van der Waals surface area contributed by atoms with Crippen molar-refractivity contribution in [3.63, 3.8) is 0 Å². The topological polar surface area (TPSA) is 24.5 Å². The van der Waals surface area contributed by atoms with Gasteiger partial charge in [-0.1, -0.05) is 54.6 Å². The molecule has 0 atom stereocenters. The molecular formula is C28H27BN2O. The Bertz CT molecular complexity index is 1340. The number of hydrogen-bond acceptors (Lipinski definition) is 3. The molecular weight excluding hydrogens is 391 g/mol. The maximum absolute atomic E-state index is 5.87. The lowest BCUT2D eigenvalue weighted by molar-refractivity contribution is 0.134. The number of fused-ring (bicyclic) bond motifs is 1. The second kappa shape index (κ2) is 7.42. The van der Waals surface area contributed by atoms with Crippen LogP contribution in [0.1, 0.15) is 33.4 Å². The van der Waals surface area contributed by atoms with E-state index in [4.69, 9.17) is 4.74 Å². The molecule has 3 nitrogen and oxygen atoms in total. The summed E-state index contributed by atoms with van der Waals surface area (Å²) in [6.45, 7) is 9.16. The third kappa shape index (κ3) is 2.86. The first kappa shape index (κ1) is 19.5. The van der Waals surface area contributed by atoms with Gasteiger partial charge in [0.15, 0.2) is 0 Å². The maximum atomic E-state index is 5.87. The SMILES string of the molecule is Cc1c(C)c(B2Nc3cccc4cccc(c34)N2Cc2ccccc2)c(C)c2c1COC2. The fourth-order valence-corrected chi connectivity index (χ4v) is 5.61. The molecule has 0 saturated carbocycles. The second-order valence-electron chi connectivity index (χ2n) is 9.08. The van der Waals surface area contributed by atoms with Crippen LogP contribution in [0.5, 0.6) is 0 Å². The second-order valence-corrected chi connectivity index (χ2v) is 9.08. The number of rotatable bonds is 3. The standard InChI is InChI=1S/C28H27BN2O/c1-18-19(2)28(20(3)24-17-32-16-23(18)24)29-30-25-13-7-11-22-12-8-14-26(27(22)25)31(29)15-21-9-5-4-6-10-21/h4-14,30H,15-17H2,1-3H3. The van der Waals surface area contributed by atoms with Crippen LogP contribution < -0.4 is 15.5 Å². The van der Waals surface area contributed by atoms with Crippen molar-refractivity contribution in [2.45, 2.75) is 40.5 Å². The van der Waals surface area contributed by atoms with Gasteiger partial charge in [-0.25, -0.2) is 0 Å². The van der Waals surface area contributed by atoms with Gasteiger partial charge < -0.3 is 14.8 Å². The van der Waals surface area contributed by atoms with Gasteiger partial charge in [-0.15, -0.1) is 0 Å². The molecule has 0 saturated heterocycles. The minimum atomic E-state index is 0.0558. The predicted molar refractivity (Wildman–Crippen MR) is 135 cm³/mol. The Balaban J connectivity index is 1.58. The maximum Gasteiger partial charge on any atom is 0.409 e. The van der Waals surface area contributed by atoms with E-state index < -0.39 is 0 Å². The van der Waals surface area contributed by atoms with Crippen molar-refractivity contribution in [1.29, 1.82) is 0 Å². The minimum Gasteiger partial charge on any atom is -0.405 e. The van der Waals surface area contributed by atoms with E-state index in [1.54, 1.807) is 0 Å². The molecule has 2 heterocycles. The quantitative estimate of drug-likeness (QED) is 0.437. The van der Waals surface area contributed by atoms with Gasteiger partial charge in [0.2, 0.25) is 0 Å². The zero-order valence-electron chi connectivity index (χ0n) is 18.9. The Hall–Kier alpha value is -3.24. The Labute approximate surface area is 190 Å². The molecule has 0 radical (unpaired) electrons. The Morgan fingerprint density at radius 3 is 2.31 bits per heavy atom. The van der Waals surface area contributed by atoms with Crippen molar-refractivity contribution in [2.75, 3.05) is 10.0 Å². The Kier molecular flexibility index (Phi) is 4.51. The zero-order chi connectivity index (χ0) is 21.8. The predicted octanol–water partition coefficient (Wildman–Crippen LogP) is 5.62. The van der Waals surface area contributed by atoms with Gasteiger partial charge in [0.05, 0.1) is 13.2 Å². The van der Waals surface area contributed by atoms with E-state index in [1.165, 1.54) is 61.0 Å². The van der Waals surface area contributed by atoms with Crippen LogP contribution in [0, 0.1) is 20.8 Å². The Morgan fingerprint density at radius 1 is 0.812 bits per heavy atom. The molecule has 32 heavy (non-hydrogen) atoms. The average molecular weight is 418 g/mol. The highest BCUT2D eigenvalue weighted by molar-refractivity contribution is 6.81.